The van der Waals surface area contributed by atoms with E-state index in [9.17, 15) is 9.59 Å². The number of likely N-dealkylation sites (tertiary alicyclic amines) is 1. The van der Waals surface area contributed by atoms with Crippen molar-refractivity contribution < 1.29 is 9.59 Å². The Hall–Kier alpha value is -2.73. The molecule has 4 rings (SSSR count). The van der Waals surface area contributed by atoms with Gasteiger partial charge in [-0.05, 0) is 23.8 Å². The molecule has 0 bridgehead atoms. The average molecular weight is 413 g/mol. The molecular formula is C22H25ClN4O2. The van der Waals surface area contributed by atoms with E-state index in [1.165, 1.54) is 0 Å². The van der Waals surface area contributed by atoms with E-state index in [0.717, 1.165) is 24.3 Å². The van der Waals surface area contributed by atoms with Gasteiger partial charge in [-0.15, -0.1) is 0 Å². The van der Waals surface area contributed by atoms with Crippen LogP contribution in [0.25, 0.3) is 0 Å². The van der Waals surface area contributed by atoms with E-state index in [-0.39, 0.29) is 18.0 Å². The minimum absolute atomic E-state index is 0.0879. The Morgan fingerprint density at radius 3 is 2.52 bits per heavy atom. The third-order valence-electron chi connectivity index (χ3n) is 5.50. The largest absolute Gasteiger partial charge is 0.368 e. The van der Waals surface area contributed by atoms with E-state index in [2.05, 4.69) is 10.2 Å². The number of amides is 3. The van der Waals surface area contributed by atoms with E-state index in [1.54, 1.807) is 0 Å². The summed E-state index contributed by atoms with van der Waals surface area (Å²) >= 11 is 6.08. The van der Waals surface area contributed by atoms with Crippen LogP contribution in [0.3, 0.4) is 0 Å². The standard InChI is InChI=1S/C22H25ClN4O2/c23-18-7-4-8-20(13-18)25-9-11-26(12-10-25)22(29)24-19-14-21(28)27(16-19)15-17-5-2-1-3-6-17/h1-8,13,19H,9-12,14-16H2,(H,24,29). The van der Waals surface area contributed by atoms with Crippen LogP contribution in [0.15, 0.2) is 54.6 Å². The smallest absolute Gasteiger partial charge is 0.317 e. The SMILES string of the molecule is O=C1CC(NC(=O)N2CCN(c3cccc(Cl)c3)CC2)CN1Cc1ccccc1. The lowest BCUT2D eigenvalue weighted by molar-refractivity contribution is -0.128. The summed E-state index contributed by atoms with van der Waals surface area (Å²) in [5.41, 5.74) is 2.18. The molecule has 1 unspecified atom stereocenters. The maximum atomic E-state index is 12.7. The third kappa shape index (κ3) is 4.82. The van der Waals surface area contributed by atoms with Gasteiger partial charge in [0, 0.05) is 56.4 Å². The lowest BCUT2D eigenvalue weighted by atomic mass is 10.2. The summed E-state index contributed by atoms with van der Waals surface area (Å²) in [6.45, 7) is 3.96. The number of hydrogen-bond donors (Lipinski definition) is 1. The molecule has 0 spiro atoms. The molecule has 2 saturated heterocycles. The second-order valence-corrected chi connectivity index (χ2v) is 8.00. The van der Waals surface area contributed by atoms with Crippen LogP contribution >= 0.6 is 11.6 Å². The minimum Gasteiger partial charge on any atom is -0.368 e. The van der Waals surface area contributed by atoms with Crippen molar-refractivity contribution in [2.75, 3.05) is 37.6 Å². The van der Waals surface area contributed by atoms with Gasteiger partial charge in [-0.2, -0.15) is 0 Å². The first-order valence-electron chi connectivity index (χ1n) is 9.96. The lowest BCUT2D eigenvalue weighted by Gasteiger charge is -2.36. The number of carbonyl (C=O) groups is 2. The van der Waals surface area contributed by atoms with Crippen molar-refractivity contribution in [3.8, 4) is 0 Å². The van der Waals surface area contributed by atoms with Crippen LogP contribution in [0, 0.1) is 0 Å². The number of carbonyl (C=O) groups excluding carboxylic acids is 2. The normalized spacial score (nSPS) is 19.6. The van der Waals surface area contributed by atoms with Crippen molar-refractivity contribution in [2.45, 2.75) is 19.0 Å². The Labute approximate surface area is 176 Å². The highest BCUT2D eigenvalue weighted by atomic mass is 35.5. The molecule has 29 heavy (non-hydrogen) atoms. The number of benzene rings is 2. The zero-order valence-corrected chi connectivity index (χ0v) is 17.0. The predicted molar refractivity (Wildman–Crippen MR) is 114 cm³/mol. The first-order valence-corrected chi connectivity index (χ1v) is 10.3. The Kier molecular flexibility index (Phi) is 5.90. The lowest BCUT2D eigenvalue weighted by Crippen LogP contribution is -2.53. The Balaban J connectivity index is 1.26. The second-order valence-electron chi connectivity index (χ2n) is 7.56. The maximum Gasteiger partial charge on any atom is 0.317 e. The summed E-state index contributed by atoms with van der Waals surface area (Å²) < 4.78 is 0. The summed E-state index contributed by atoms with van der Waals surface area (Å²) in [5.74, 6) is 0.0879. The van der Waals surface area contributed by atoms with Crippen molar-refractivity contribution in [1.29, 1.82) is 0 Å². The topological polar surface area (TPSA) is 55.9 Å². The van der Waals surface area contributed by atoms with Crippen LogP contribution in [-0.4, -0.2) is 60.5 Å². The molecule has 1 N–H and O–H groups in total. The van der Waals surface area contributed by atoms with E-state index in [4.69, 9.17) is 11.6 Å². The molecule has 0 aromatic heterocycles. The van der Waals surface area contributed by atoms with Gasteiger partial charge in [0.05, 0.1) is 6.04 Å². The zero-order chi connectivity index (χ0) is 20.2. The first kappa shape index (κ1) is 19.6. The maximum absolute atomic E-state index is 12.7. The van der Waals surface area contributed by atoms with Gasteiger partial charge in [-0.3, -0.25) is 4.79 Å². The van der Waals surface area contributed by atoms with Gasteiger partial charge in [0.25, 0.3) is 0 Å². The minimum atomic E-state index is -0.135. The number of nitrogens with zero attached hydrogens (tertiary/aromatic N) is 3. The van der Waals surface area contributed by atoms with Crippen molar-refractivity contribution in [1.82, 2.24) is 15.1 Å². The number of anilines is 1. The van der Waals surface area contributed by atoms with Crippen LogP contribution in [0.4, 0.5) is 10.5 Å². The average Bonchev–Trinajstić information content (AvgIpc) is 3.07. The van der Waals surface area contributed by atoms with E-state index >= 15 is 0 Å². The Morgan fingerprint density at radius 1 is 1.03 bits per heavy atom. The second kappa shape index (κ2) is 8.74. The molecule has 7 heteroatoms. The molecule has 2 heterocycles. The summed E-state index contributed by atoms with van der Waals surface area (Å²) in [5, 5.41) is 3.76. The zero-order valence-electron chi connectivity index (χ0n) is 16.3. The molecule has 3 amide bonds. The van der Waals surface area contributed by atoms with Gasteiger partial charge in [-0.1, -0.05) is 48.0 Å². The molecule has 6 nitrogen and oxygen atoms in total. The monoisotopic (exact) mass is 412 g/mol. The molecule has 152 valence electrons. The van der Waals surface area contributed by atoms with Crippen LogP contribution < -0.4 is 10.2 Å². The van der Waals surface area contributed by atoms with Crippen molar-refractivity contribution in [3.63, 3.8) is 0 Å². The molecule has 2 aliphatic rings. The third-order valence-corrected chi connectivity index (χ3v) is 5.73. The number of rotatable bonds is 4. The van der Waals surface area contributed by atoms with Crippen molar-refractivity contribution in [3.05, 3.63) is 65.2 Å². The number of hydrogen-bond acceptors (Lipinski definition) is 3. The highest BCUT2D eigenvalue weighted by Crippen LogP contribution is 2.21. The van der Waals surface area contributed by atoms with Gasteiger partial charge in [0.2, 0.25) is 5.91 Å². The molecular weight excluding hydrogens is 388 g/mol. The number of nitrogens with one attached hydrogen (secondary N) is 1. The summed E-state index contributed by atoms with van der Waals surface area (Å²) in [7, 11) is 0. The summed E-state index contributed by atoms with van der Waals surface area (Å²) in [4.78, 5) is 30.9. The van der Waals surface area contributed by atoms with Crippen LogP contribution in [0.5, 0.6) is 0 Å². The van der Waals surface area contributed by atoms with Crippen molar-refractivity contribution >= 4 is 29.2 Å². The van der Waals surface area contributed by atoms with Crippen LogP contribution in [0.1, 0.15) is 12.0 Å². The molecule has 0 aliphatic carbocycles. The Bertz CT molecular complexity index is 868. The van der Waals surface area contributed by atoms with E-state index in [0.29, 0.717) is 37.6 Å². The number of piperazine rings is 1. The molecule has 0 saturated carbocycles. The van der Waals surface area contributed by atoms with E-state index < -0.39 is 0 Å². The highest BCUT2D eigenvalue weighted by Gasteiger charge is 2.32. The fourth-order valence-corrected chi connectivity index (χ4v) is 4.12. The molecule has 2 aromatic carbocycles. The molecule has 1 atom stereocenters. The quantitative estimate of drug-likeness (QED) is 0.839. The van der Waals surface area contributed by atoms with Gasteiger partial charge < -0.3 is 20.0 Å². The fraction of sp³-hybridized carbons (Fsp3) is 0.364. The number of urea groups is 1. The van der Waals surface area contributed by atoms with E-state index in [1.807, 2.05) is 64.4 Å². The van der Waals surface area contributed by atoms with Gasteiger partial charge in [0.15, 0.2) is 0 Å². The molecule has 0 radical (unpaired) electrons. The predicted octanol–water partition coefficient (Wildman–Crippen LogP) is 2.97. The van der Waals surface area contributed by atoms with Gasteiger partial charge in [-0.25, -0.2) is 4.79 Å². The first-order chi connectivity index (χ1) is 14.1. The highest BCUT2D eigenvalue weighted by molar-refractivity contribution is 6.30. The molecule has 2 aromatic rings. The summed E-state index contributed by atoms with van der Waals surface area (Å²) in [6, 6.07) is 17.5. The van der Waals surface area contributed by atoms with Gasteiger partial charge >= 0.3 is 6.03 Å². The molecule has 2 fully saturated rings. The number of halogens is 1. The van der Waals surface area contributed by atoms with Crippen LogP contribution in [0.2, 0.25) is 5.02 Å². The fourth-order valence-electron chi connectivity index (χ4n) is 3.93. The summed E-state index contributed by atoms with van der Waals surface area (Å²) in [6.07, 6.45) is 0.362. The van der Waals surface area contributed by atoms with Crippen LogP contribution in [-0.2, 0) is 11.3 Å². The Morgan fingerprint density at radius 2 is 1.79 bits per heavy atom. The van der Waals surface area contributed by atoms with Crippen molar-refractivity contribution in [2.24, 2.45) is 0 Å². The molecule has 2 aliphatic heterocycles. The van der Waals surface area contributed by atoms with Gasteiger partial charge in [0.1, 0.15) is 0 Å².